The summed E-state index contributed by atoms with van der Waals surface area (Å²) in [6.45, 7) is 11.6. The minimum absolute atomic E-state index is 0.146. The zero-order valence-electron chi connectivity index (χ0n) is 20.0. The summed E-state index contributed by atoms with van der Waals surface area (Å²) >= 11 is 0. The van der Waals surface area contributed by atoms with Gasteiger partial charge in [-0.05, 0) is 12.0 Å². The van der Waals surface area contributed by atoms with Gasteiger partial charge in [0.15, 0.2) is 0 Å². The van der Waals surface area contributed by atoms with Crippen LogP contribution in [0, 0.1) is 5.92 Å². The molecular formula is C24H52O2Si. The quantitative estimate of drug-likeness (QED) is 0.159. The fourth-order valence-corrected chi connectivity index (χ4v) is 7.99. The Morgan fingerprint density at radius 1 is 0.630 bits per heavy atom. The third-order valence-electron chi connectivity index (χ3n) is 6.94. The molecule has 0 saturated carbocycles. The molecule has 0 fully saturated rings. The highest BCUT2D eigenvalue weighted by atomic mass is 28.4. The molecule has 0 bridgehead atoms. The molecule has 0 rings (SSSR count). The van der Waals surface area contributed by atoms with E-state index in [1.807, 2.05) is 14.2 Å². The predicted octanol–water partition coefficient (Wildman–Crippen LogP) is 8.64. The molecule has 0 saturated heterocycles. The highest BCUT2D eigenvalue weighted by Crippen LogP contribution is 2.47. The molecule has 3 heteroatoms. The van der Waals surface area contributed by atoms with Gasteiger partial charge in [-0.2, -0.15) is 0 Å². The molecule has 0 unspecified atom stereocenters. The van der Waals surface area contributed by atoms with Gasteiger partial charge in [-0.25, -0.2) is 0 Å². The standard InChI is InChI=1S/C24H52O2Si/c1-8-9-10-11-12-13-14-15-16-17-18-19-20-21-22-27(25-6,26-7)24(4,5)23(2)3/h23H,8-22H2,1-7H3. The lowest BCUT2D eigenvalue weighted by molar-refractivity contribution is 0.190. The molecular weight excluding hydrogens is 348 g/mol. The van der Waals surface area contributed by atoms with Crippen molar-refractivity contribution in [3.63, 3.8) is 0 Å². The fourth-order valence-electron chi connectivity index (χ4n) is 4.13. The van der Waals surface area contributed by atoms with Crippen LogP contribution in [0.5, 0.6) is 0 Å². The normalized spacial score (nSPS) is 12.9. The molecule has 0 aromatic rings. The van der Waals surface area contributed by atoms with E-state index in [1.54, 1.807) is 0 Å². The van der Waals surface area contributed by atoms with Crippen molar-refractivity contribution in [3.05, 3.63) is 0 Å². The Bertz CT molecular complexity index is 324. The number of rotatable bonds is 19. The highest BCUT2D eigenvalue weighted by molar-refractivity contribution is 6.70. The molecule has 0 aliphatic heterocycles. The Morgan fingerprint density at radius 2 is 0.963 bits per heavy atom. The SMILES string of the molecule is CCCCCCCCCCCCCCCC[Si](OC)(OC)C(C)(C)C(C)C. The molecule has 0 aromatic heterocycles. The minimum Gasteiger partial charge on any atom is -0.397 e. The van der Waals surface area contributed by atoms with E-state index in [1.165, 1.54) is 89.9 Å². The molecule has 27 heavy (non-hydrogen) atoms. The van der Waals surface area contributed by atoms with Crippen molar-refractivity contribution in [3.8, 4) is 0 Å². The highest BCUT2D eigenvalue weighted by Gasteiger charge is 2.51. The molecule has 164 valence electrons. The first-order chi connectivity index (χ1) is 12.9. The Kier molecular flexibility index (Phi) is 16.1. The van der Waals surface area contributed by atoms with Gasteiger partial charge in [0.1, 0.15) is 0 Å². The average molecular weight is 401 g/mol. The van der Waals surface area contributed by atoms with Crippen LogP contribution >= 0.6 is 0 Å². The molecule has 0 spiro atoms. The molecule has 0 N–H and O–H groups in total. The monoisotopic (exact) mass is 400 g/mol. The van der Waals surface area contributed by atoms with Crippen molar-refractivity contribution < 1.29 is 8.85 Å². The summed E-state index contributed by atoms with van der Waals surface area (Å²) in [6.07, 6.45) is 19.7. The topological polar surface area (TPSA) is 18.5 Å². The van der Waals surface area contributed by atoms with Crippen LogP contribution in [-0.4, -0.2) is 22.8 Å². The van der Waals surface area contributed by atoms with E-state index < -0.39 is 8.56 Å². The van der Waals surface area contributed by atoms with E-state index in [-0.39, 0.29) is 5.04 Å². The van der Waals surface area contributed by atoms with Gasteiger partial charge < -0.3 is 8.85 Å². The number of hydrogen-bond acceptors (Lipinski definition) is 2. The average Bonchev–Trinajstić information content (AvgIpc) is 2.65. The van der Waals surface area contributed by atoms with Crippen LogP contribution in [0.4, 0.5) is 0 Å². The first-order valence-corrected chi connectivity index (χ1v) is 14.0. The lowest BCUT2D eigenvalue weighted by Crippen LogP contribution is -2.52. The van der Waals surface area contributed by atoms with Gasteiger partial charge in [0.2, 0.25) is 0 Å². The van der Waals surface area contributed by atoms with Crippen molar-refractivity contribution in [2.24, 2.45) is 5.92 Å². The van der Waals surface area contributed by atoms with Crippen LogP contribution < -0.4 is 0 Å². The van der Waals surface area contributed by atoms with Crippen LogP contribution in [0.1, 0.15) is 125 Å². The summed E-state index contributed by atoms with van der Waals surface area (Å²) in [7, 11) is 1.59. The number of unbranched alkanes of at least 4 members (excludes halogenated alkanes) is 13. The maximum absolute atomic E-state index is 6.04. The Hall–Kier alpha value is 0.137. The van der Waals surface area contributed by atoms with Crippen LogP contribution in [0.15, 0.2) is 0 Å². The molecule has 0 amide bonds. The molecule has 0 aromatic carbocycles. The lowest BCUT2D eigenvalue weighted by Gasteiger charge is -2.44. The van der Waals surface area contributed by atoms with E-state index in [9.17, 15) is 0 Å². The smallest absolute Gasteiger partial charge is 0.343 e. The molecule has 0 aliphatic carbocycles. The molecule has 0 aliphatic rings. The van der Waals surface area contributed by atoms with Crippen molar-refractivity contribution >= 4 is 8.56 Å². The summed E-state index contributed by atoms with van der Waals surface area (Å²) in [6, 6.07) is 1.13. The lowest BCUT2D eigenvalue weighted by atomic mass is 9.99. The van der Waals surface area contributed by atoms with Gasteiger partial charge in [-0.15, -0.1) is 0 Å². The van der Waals surface area contributed by atoms with Crippen molar-refractivity contribution in [2.75, 3.05) is 14.2 Å². The van der Waals surface area contributed by atoms with Crippen LogP contribution in [0.25, 0.3) is 0 Å². The first kappa shape index (κ1) is 27.1. The third kappa shape index (κ3) is 10.5. The summed E-state index contributed by atoms with van der Waals surface area (Å²) in [5.74, 6) is 0.579. The van der Waals surface area contributed by atoms with E-state index in [4.69, 9.17) is 8.85 Å². The third-order valence-corrected chi connectivity index (χ3v) is 11.8. The second-order valence-electron chi connectivity index (χ2n) is 9.38. The van der Waals surface area contributed by atoms with Crippen molar-refractivity contribution in [1.29, 1.82) is 0 Å². The van der Waals surface area contributed by atoms with E-state index >= 15 is 0 Å². The number of hydrogen-bond donors (Lipinski definition) is 0. The van der Waals surface area contributed by atoms with E-state index in [0.717, 1.165) is 6.04 Å². The molecule has 0 atom stereocenters. The fraction of sp³-hybridized carbons (Fsp3) is 1.00. The van der Waals surface area contributed by atoms with Crippen molar-refractivity contribution in [2.45, 2.75) is 136 Å². The largest absolute Gasteiger partial charge is 0.397 e. The van der Waals surface area contributed by atoms with E-state index in [0.29, 0.717) is 5.92 Å². The zero-order chi connectivity index (χ0) is 20.6. The maximum Gasteiger partial charge on any atom is 0.343 e. The summed E-state index contributed by atoms with van der Waals surface area (Å²) in [5.41, 5.74) is 0. The maximum atomic E-state index is 6.04. The summed E-state index contributed by atoms with van der Waals surface area (Å²) < 4.78 is 12.1. The van der Waals surface area contributed by atoms with Gasteiger partial charge in [-0.3, -0.25) is 0 Å². The zero-order valence-corrected chi connectivity index (χ0v) is 21.0. The van der Waals surface area contributed by atoms with Crippen molar-refractivity contribution in [1.82, 2.24) is 0 Å². The minimum atomic E-state index is -2.14. The first-order valence-electron chi connectivity index (χ1n) is 12.0. The van der Waals surface area contributed by atoms with Gasteiger partial charge in [0.05, 0.1) is 0 Å². The Balaban J connectivity index is 3.72. The van der Waals surface area contributed by atoms with Crippen LogP contribution in [-0.2, 0) is 8.85 Å². The summed E-state index contributed by atoms with van der Waals surface area (Å²) in [5, 5.41) is 0.146. The second-order valence-corrected chi connectivity index (χ2v) is 13.5. The Morgan fingerprint density at radius 3 is 1.26 bits per heavy atom. The van der Waals surface area contributed by atoms with E-state index in [2.05, 4.69) is 34.6 Å². The molecule has 0 radical (unpaired) electrons. The van der Waals surface area contributed by atoms with Gasteiger partial charge in [0, 0.05) is 19.3 Å². The molecule has 2 nitrogen and oxygen atoms in total. The predicted molar refractivity (Wildman–Crippen MR) is 124 cm³/mol. The van der Waals surface area contributed by atoms with Crippen LogP contribution in [0.3, 0.4) is 0 Å². The van der Waals surface area contributed by atoms with Gasteiger partial charge in [0.25, 0.3) is 0 Å². The van der Waals surface area contributed by atoms with Crippen LogP contribution in [0.2, 0.25) is 11.1 Å². The van der Waals surface area contributed by atoms with Gasteiger partial charge >= 0.3 is 8.56 Å². The van der Waals surface area contributed by atoms with Gasteiger partial charge in [-0.1, -0.05) is 125 Å². The second kappa shape index (κ2) is 16.0. The Labute approximate surface area is 173 Å². The molecule has 0 heterocycles. The summed E-state index contributed by atoms with van der Waals surface area (Å²) in [4.78, 5) is 0.